The largest absolute Gasteiger partial charge is 0.369 e. The number of piperidine rings is 1. The number of aromatic nitrogens is 1. The molecule has 1 atom stereocenters. The number of likely N-dealkylation sites (tertiary alicyclic amines) is 1. The topological polar surface area (TPSA) is 79.5 Å². The number of carbonyl (C=O) groups is 2. The summed E-state index contributed by atoms with van der Waals surface area (Å²) in [5, 5.41) is 0. The Morgan fingerprint density at radius 1 is 0.900 bits per heavy atom. The molecular formula is C24H30N4O2. The molecule has 0 radical (unpaired) electrons. The van der Waals surface area contributed by atoms with E-state index >= 15 is 0 Å². The molecule has 2 aliphatic rings. The molecule has 30 heavy (non-hydrogen) atoms. The summed E-state index contributed by atoms with van der Waals surface area (Å²) in [4.78, 5) is 33.0. The van der Waals surface area contributed by atoms with Crippen molar-refractivity contribution in [3.63, 3.8) is 0 Å². The molecule has 4 rings (SSSR count). The highest BCUT2D eigenvalue weighted by Crippen LogP contribution is 2.28. The first-order chi connectivity index (χ1) is 14.6. The third-order valence-corrected chi connectivity index (χ3v) is 6.50. The normalized spacial score (nSPS) is 20.6. The van der Waals surface area contributed by atoms with Gasteiger partial charge in [-0.05, 0) is 55.7 Å². The molecule has 0 aliphatic carbocycles. The number of benzene rings is 1. The highest BCUT2D eigenvalue weighted by atomic mass is 16.2. The Bertz CT molecular complexity index is 861. The van der Waals surface area contributed by atoms with Crippen LogP contribution in [0.4, 0.5) is 5.82 Å². The monoisotopic (exact) mass is 406 g/mol. The van der Waals surface area contributed by atoms with Gasteiger partial charge >= 0.3 is 0 Å². The number of hydrogen-bond donors (Lipinski definition) is 1. The molecule has 0 bridgehead atoms. The molecule has 2 fully saturated rings. The number of pyridine rings is 1. The summed E-state index contributed by atoms with van der Waals surface area (Å²) in [6.07, 6.45) is 6.34. The number of hydrogen-bond acceptors (Lipinski definition) is 4. The van der Waals surface area contributed by atoms with Gasteiger partial charge < -0.3 is 15.5 Å². The van der Waals surface area contributed by atoms with Crippen LogP contribution in [-0.4, -0.2) is 47.9 Å². The summed E-state index contributed by atoms with van der Waals surface area (Å²) >= 11 is 0. The summed E-state index contributed by atoms with van der Waals surface area (Å²) in [6, 6.07) is 14.4. The van der Waals surface area contributed by atoms with Crippen molar-refractivity contribution >= 4 is 17.6 Å². The fourth-order valence-corrected chi connectivity index (χ4v) is 4.63. The van der Waals surface area contributed by atoms with Crippen molar-refractivity contribution in [3.05, 3.63) is 59.8 Å². The molecule has 0 spiro atoms. The van der Waals surface area contributed by atoms with E-state index in [4.69, 9.17) is 5.73 Å². The Morgan fingerprint density at radius 3 is 2.33 bits per heavy atom. The molecule has 2 aliphatic heterocycles. The van der Waals surface area contributed by atoms with Crippen molar-refractivity contribution in [2.75, 3.05) is 31.1 Å². The van der Waals surface area contributed by atoms with Crippen molar-refractivity contribution in [1.29, 1.82) is 0 Å². The van der Waals surface area contributed by atoms with Gasteiger partial charge in [-0.15, -0.1) is 0 Å². The fourth-order valence-electron chi connectivity index (χ4n) is 4.63. The van der Waals surface area contributed by atoms with E-state index in [9.17, 15) is 9.59 Å². The Hall–Kier alpha value is -2.89. The van der Waals surface area contributed by atoms with E-state index in [0.29, 0.717) is 11.5 Å². The zero-order valence-electron chi connectivity index (χ0n) is 17.4. The number of rotatable bonds is 4. The van der Waals surface area contributed by atoms with E-state index in [1.54, 1.807) is 6.20 Å². The molecule has 0 saturated carbocycles. The van der Waals surface area contributed by atoms with Gasteiger partial charge in [-0.3, -0.25) is 9.59 Å². The van der Waals surface area contributed by atoms with Gasteiger partial charge in [-0.25, -0.2) is 4.98 Å². The van der Waals surface area contributed by atoms with Crippen molar-refractivity contribution < 1.29 is 9.59 Å². The quantitative estimate of drug-likeness (QED) is 0.846. The lowest BCUT2D eigenvalue weighted by molar-refractivity contribution is -0.122. The average Bonchev–Trinajstić information content (AvgIpc) is 3.06. The highest BCUT2D eigenvalue weighted by molar-refractivity contribution is 5.94. The van der Waals surface area contributed by atoms with Crippen LogP contribution in [0.3, 0.4) is 0 Å². The third-order valence-electron chi connectivity index (χ3n) is 6.50. The Labute approximate surface area is 178 Å². The highest BCUT2D eigenvalue weighted by Gasteiger charge is 2.25. The molecule has 6 heteroatoms. The molecule has 2 N–H and O–H groups in total. The van der Waals surface area contributed by atoms with Gasteiger partial charge in [0.25, 0.3) is 5.91 Å². The van der Waals surface area contributed by atoms with Gasteiger partial charge in [0.2, 0.25) is 5.91 Å². The minimum Gasteiger partial charge on any atom is -0.369 e. The number of amides is 2. The lowest BCUT2D eigenvalue weighted by Crippen LogP contribution is -2.39. The minimum atomic E-state index is -0.212. The van der Waals surface area contributed by atoms with E-state index in [1.807, 2.05) is 23.1 Å². The molecule has 6 nitrogen and oxygen atoms in total. The van der Waals surface area contributed by atoms with Crippen LogP contribution >= 0.6 is 0 Å². The maximum absolute atomic E-state index is 13.0. The molecule has 1 aromatic heterocycles. The molecule has 2 amide bonds. The zero-order chi connectivity index (χ0) is 20.9. The van der Waals surface area contributed by atoms with Crippen LogP contribution in [0, 0.1) is 5.92 Å². The van der Waals surface area contributed by atoms with Crippen LogP contribution in [0.1, 0.15) is 53.9 Å². The summed E-state index contributed by atoms with van der Waals surface area (Å²) in [7, 11) is 0. The van der Waals surface area contributed by atoms with E-state index in [-0.39, 0.29) is 17.7 Å². The van der Waals surface area contributed by atoms with Crippen LogP contribution in [0.15, 0.2) is 48.7 Å². The van der Waals surface area contributed by atoms with E-state index in [0.717, 1.165) is 64.1 Å². The summed E-state index contributed by atoms with van der Waals surface area (Å²) in [6.45, 7) is 3.10. The second-order valence-electron chi connectivity index (χ2n) is 8.40. The van der Waals surface area contributed by atoms with Crippen LogP contribution in [0.25, 0.3) is 0 Å². The number of anilines is 1. The standard InChI is InChI=1S/C24H30N4O2/c25-23(29)20-11-14-27(15-12-20)22-9-8-21(17-26-22)24(30)28-13-4-7-19(10-16-28)18-5-2-1-3-6-18/h1-3,5-6,8-9,17,19-20H,4,7,10-16H2,(H2,25,29). The molecule has 2 saturated heterocycles. The van der Waals surface area contributed by atoms with Crippen molar-refractivity contribution in [3.8, 4) is 0 Å². The first-order valence-electron chi connectivity index (χ1n) is 11.0. The van der Waals surface area contributed by atoms with Crippen molar-refractivity contribution in [2.24, 2.45) is 11.7 Å². The molecule has 1 aromatic carbocycles. The molecule has 2 aromatic rings. The molecule has 1 unspecified atom stereocenters. The smallest absolute Gasteiger partial charge is 0.255 e. The van der Waals surface area contributed by atoms with Gasteiger partial charge in [0.1, 0.15) is 5.82 Å². The molecule has 158 valence electrons. The summed E-state index contributed by atoms with van der Waals surface area (Å²) in [5.41, 5.74) is 7.43. The van der Waals surface area contributed by atoms with Gasteiger partial charge in [0.15, 0.2) is 0 Å². The predicted molar refractivity (Wildman–Crippen MR) is 117 cm³/mol. The van der Waals surface area contributed by atoms with Crippen molar-refractivity contribution in [2.45, 2.75) is 38.0 Å². The Balaban J connectivity index is 1.35. The van der Waals surface area contributed by atoms with Crippen LogP contribution in [0.5, 0.6) is 0 Å². The second-order valence-corrected chi connectivity index (χ2v) is 8.40. The first-order valence-corrected chi connectivity index (χ1v) is 11.0. The zero-order valence-corrected chi connectivity index (χ0v) is 17.4. The Morgan fingerprint density at radius 2 is 1.67 bits per heavy atom. The van der Waals surface area contributed by atoms with Gasteiger partial charge in [0, 0.05) is 38.3 Å². The van der Waals surface area contributed by atoms with Crippen LogP contribution in [0.2, 0.25) is 0 Å². The Kier molecular flexibility index (Phi) is 6.31. The second kappa shape index (κ2) is 9.28. The lowest BCUT2D eigenvalue weighted by atomic mass is 9.92. The van der Waals surface area contributed by atoms with Crippen LogP contribution in [-0.2, 0) is 4.79 Å². The number of nitrogens with zero attached hydrogens (tertiary/aromatic N) is 3. The predicted octanol–water partition coefficient (Wildman–Crippen LogP) is 3.19. The summed E-state index contributed by atoms with van der Waals surface area (Å²) < 4.78 is 0. The SMILES string of the molecule is NC(=O)C1CCN(c2ccc(C(=O)N3CCCC(c4ccccc4)CC3)cn2)CC1. The minimum absolute atomic E-state index is 0.0372. The lowest BCUT2D eigenvalue weighted by Gasteiger charge is -2.31. The van der Waals surface area contributed by atoms with E-state index in [1.165, 1.54) is 5.56 Å². The maximum Gasteiger partial charge on any atom is 0.255 e. The number of primary amides is 1. The maximum atomic E-state index is 13.0. The summed E-state index contributed by atoms with van der Waals surface area (Å²) in [5.74, 6) is 1.19. The van der Waals surface area contributed by atoms with Gasteiger partial charge in [0.05, 0.1) is 5.56 Å². The van der Waals surface area contributed by atoms with Gasteiger partial charge in [-0.1, -0.05) is 30.3 Å². The molecule has 3 heterocycles. The van der Waals surface area contributed by atoms with Crippen LogP contribution < -0.4 is 10.6 Å². The fraction of sp³-hybridized carbons (Fsp3) is 0.458. The number of carbonyl (C=O) groups excluding carboxylic acids is 2. The first kappa shape index (κ1) is 20.4. The molecular weight excluding hydrogens is 376 g/mol. The number of nitrogens with two attached hydrogens (primary N) is 1. The van der Waals surface area contributed by atoms with E-state index in [2.05, 4.69) is 34.1 Å². The van der Waals surface area contributed by atoms with Gasteiger partial charge in [-0.2, -0.15) is 0 Å². The average molecular weight is 407 g/mol. The van der Waals surface area contributed by atoms with Crippen molar-refractivity contribution in [1.82, 2.24) is 9.88 Å². The third kappa shape index (κ3) is 4.64. The van der Waals surface area contributed by atoms with E-state index < -0.39 is 0 Å².